The maximum atomic E-state index is 11.0. The number of carbonyl (C=O) groups is 1. The van der Waals surface area contributed by atoms with Crippen LogP contribution in [-0.2, 0) is 4.79 Å². The number of nitrogens with one attached hydrogen (secondary N) is 2. The molecule has 86 valence electrons. The number of benzene rings is 1. The maximum absolute atomic E-state index is 11.0. The zero-order chi connectivity index (χ0) is 11.8. The molecule has 4 heteroatoms. The van der Waals surface area contributed by atoms with Crippen molar-refractivity contribution in [1.82, 2.24) is 5.32 Å². The van der Waals surface area contributed by atoms with Crippen LogP contribution >= 0.6 is 0 Å². The highest BCUT2D eigenvalue weighted by atomic mass is 16.5. The zero-order valence-electron chi connectivity index (χ0n) is 9.32. The van der Waals surface area contributed by atoms with Crippen LogP contribution in [0.5, 0.6) is 5.75 Å². The molecular formula is C12H16N2O2. The topological polar surface area (TPSA) is 50.4 Å². The Morgan fingerprint density at radius 2 is 2.12 bits per heavy atom. The van der Waals surface area contributed by atoms with E-state index in [1.54, 1.807) is 13.1 Å². The Bertz CT molecular complexity index is 347. The Hall–Kier alpha value is -1.97. The summed E-state index contributed by atoms with van der Waals surface area (Å²) in [5.74, 6) is 0.734. The van der Waals surface area contributed by atoms with Crippen LogP contribution in [0.1, 0.15) is 0 Å². The number of hydrogen-bond donors (Lipinski definition) is 2. The van der Waals surface area contributed by atoms with E-state index in [1.165, 1.54) is 0 Å². The molecule has 0 unspecified atom stereocenters. The molecule has 0 aliphatic carbocycles. The van der Waals surface area contributed by atoms with E-state index in [0.717, 1.165) is 11.4 Å². The molecule has 4 nitrogen and oxygen atoms in total. The van der Waals surface area contributed by atoms with E-state index in [9.17, 15) is 4.79 Å². The summed E-state index contributed by atoms with van der Waals surface area (Å²) in [5.41, 5.74) is 0.884. The Morgan fingerprint density at radius 1 is 1.44 bits per heavy atom. The molecule has 1 amide bonds. The molecule has 0 atom stereocenters. The monoisotopic (exact) mass is 220 g/mol. The highest BCUT2D eigenvalue weighted by molar-refractivity contribution is 5.80. The second-order valence-corrected chi connectivity index (χ2v) is 3.15. The first-order chi connectivity index (χ1) is 7.76. The summed E-state index contributed by atoms with van der Waals surface area (Å²) < 4.78 is 5.33. The Labute approximate surface area is 95.3 Å². The molecule has 0 fully saturated rings. The molecular weight excluding hydrogens is 204 g/mol. The fraction of sp³-hybridized carbons (Fsp3) is 0.250. The van der Waals surface area contributed by atoms with Crippen LogP contribution in [0.25, 0.3) is 0 Å². The summed E-state index contributed by atoms with van der Waals surface area (Å²) in [6.45, 7) is 4.33. The first-order valence-corrected chi connectivity index (χ1v) is 5.04. The predicted molar refractivity (Wildman–Crippen MR) is 64.7 cm³/mol. The summed E-state index contributed by atoms with van der Waals surface area (Å²) in [7, 11) is 1.61. The van der Waals surface area contributed by atoms with E-state index in [0.29, 0.717) is 6.61 Å². The molecule has 0 saturated heterocycles. The van der Waals surface area contributed by atoms with Crippen LogP contribution in [-0.4, -0.2) is 26.1 Å². The van der Waals surface area contributed by atoms with Gasteiger partial charge in [-0.2, -0.15) is 0 Å². The number of likely N-dealkylation sites (N-methyl/N-ethyl adjacent to an activating group) is 1. The van der Waals surface area contributed by atoms with Gasteiger partial charge < -0.3 is 15.4 Å². The molecule has 0 heterocycles. The van der Waals surface area contributed by atoms with E-state index in [-0.39, 0.29) is 12.5 Å². The van der Waals surface area contributed by atoms with Gasteiger partial charge in [-0.1, -0.05) is 12.7 Å². The minimum Gasteiger partial charge on any atom is -0.490 e. The van der Waals surface area contributed by atoms with Gasteiger partial charge in [0.1, 0.15) is 12.4 Å². The minimum atomic E-state index is -0.0491. The Kier molecular flexibility index (Phi) is 4.92. The molecule has 0 aliphatic heterocycles. The van der Waals surface area contributed by atoms with Crippen LogP contribution in [0.2, 0.25) is 0 Å². The largest absolute Gasteiger partial charge is 0.490 e. The Morgan fingerprint density at radius 3 is 2.69 bits per heavy atom. The molecule has 2 N–H and O–H groups in total. The Balaban J connectivity index is 2.44. The van der Waals surface area contributed by atoms with Crippen molar-refractivity contribution >= 4 is 11.6 Å². The smallest absolute Gasteiger partial charge is 0.239 e. The molecule has 1 aromatic carbocycles. The van der Waals surface area contributed by atoms with Gasteiger partial charge >= 0.3 is 0 Å². The summed E-state index contributed by atoms with van der Waals surface area (Å²) in [5, 5.41) is 5.53. The lowest BCUT2D eigenvalue weighted by molar-refractivity contribution is -0.118. The molecule has 0 aliphatic rings. The van der Waals surface area contributed by atoms with Gasteiger partial charge in [-0.25, -0.2) is 0 Å². The second-order valence-electron chi connectivity index (χ2n) is 3.15. The number of carbonyl (C=O) groups excluding carboxylic acids is 1. The van der Waals surface area contributed by atoms with Gasteiger partial charge in [0.05, 0.1) is 6.54 Å². The summed E-state index contributed by atoms with van der Waals surface area (Å²) in [6, 6.07) is 7.41. The number of rotatable bonds is 6. The summed E-state index contributed by atoms with van der Waals surface area (Å²) in [6.07, 6.45) is 1.69. The fourth-order valence-corrected chi connectivity index (χ4v) is 1.09. The molecule has 0 saturated carbocycles. The third-order valence-corrected chi connectivity index (χ3v) is 1.95. The minimum absolute atomic E-state index is 0.0491. The summed E-state index contributed by atoms with van der Waals surface area (Å²) >= 11 is 0. The molecule has 16 heavy (non-hydrogen) atoms. The third-order valence-electron chi connectivity index (χ3n) is 1.95. The van der Waals surface area contributed by atoms with Gasteiger partial charge in [0.15, 0.2) is 0 Å². The van der Waals surface area contributed by atoms with Gasteiger partial charge in [0, 0.05) is 12.7 Å². The molecule has 0 radical (unpaired) electrons. The van der Waals surface area contributed by atoms with Gasteiger partial charge in [-0.05, 0) is 24.3 Å². The highest BCUT2D eigenvalue weighted by Gasteiger charge is 1.98. The first kappa shape index (κ1) is 12.1. The highest BCUT2D eigenvalue weighted by Crippen LogP contribution is 2.15. The lowest BCUT2D eigenvalue weighted by atomic mass is 10.3. The van der Waals surface area contributed by atoms with Crippen LogP contribution in [0, 0.1) is 0 Å². The van der Waals surface area contributed by atoms with E-state index in [2.05, 4.69) is 17.2 Å². The van der Waals surface area contributed by atoms with Gasteiger partial charge in [0.25, 0.3) is 0 Å². The van der Waals surface area contributed by atoms with Crippen LogP contribution in [0.4, 0.5) is 5.69 Å². The number of ether oxygens (including phenoxy) is 1. The molecule has 1 rings (SSSR count). The van der Waals surface area contributed by atoms with Crippen LogP contribution in [0.15, 0.2) is 36.9 Å². The average Bonchev–Trinajstić information content (AvgIpc) is 2.34. The SMILES string of the molecule is C=CCOc1ccc(NCC(=O)NC)cc1. The molecule has 1 aromatic rings. The van der Waals surface area contributed by atoms with Gasteiger partial charge in [-0.15, -0.1) is 0 Å². The number of amides is 1. The lowest BCUT2D eigenvalue weighted by Gasteiger charge is -2.07. The van der Waals surface area contributed by atoms with Crippen molar-refractivity contribution in [2.24, 2.45) is 0 Å². The van der Waals surface area contributed by atoms with Crippen molar-refractivity contribution < 1.29 is 9.53 Å². The van der Waals surface area contributed by atoms with E-state index in [4.69, 9.17) is 4.74 Å². The van der Waals surface area contributed by atoms with Gasteiger partial charge in [-0.3, -0.25) is 4.79 Å². The second kappa shape index (κ2) is 6.50. The van der Waals surface area contributed by atoms with Crippen LogP contribution < -0.4 is 15.4 Å². The molecule has 0 spiro atoms. The normalized spacial score (nSPS) is 9.31. The number of anilines is 1. The van der Waals surface area contributed by atoms with Crippen LogP contribution in [0.3, 0.4) is 0 Å². The average molecular weight is 220 g/mol. The van der Waals surface area contributed by atoms with Crippen molar-refractivity contribution in [2.45, 2.75) is 0 Å². The number of hydrogen-bond acceptors (Lipinski definition) is 3. The van der Waals surface area contributed by atoms with Crippen molar-refractivity contribution in [3.05, 3.63) is 36.9 Å². The standard InChI is InChI=1S/C12H16N2O2/c1-3-8-16-11-6-4-10(5-7-11)14-9-12(15)13-2/h3-7,14H,1,8-9H2,2H3,(H,13,15). The summed E-state index contributed by atoms with van der Waals surface area (Å²) in [4.78, 5) is 11.0. The molecule has 0 bridgehead atoms. The maximum Gasteiger partial charge on any atom is 0.239 e. The quantitative estimate of drug-likeness (QED) is 0.713. The molecule has 0 aromatic heterocycles. The predicted octanol–water partition coefficient (Wildman–Crippen LogP) is 1.41. The van der Waals surface area contributed by atoms with E-state index < -0.39 is 0 Å². The first-order valence-electron chi connectivity index (χ1n) is 5.04. The van der Waals surface area contributed by atoms with E-state index >= 15 is 0 Å². The van der Waals surface area contributed by atoms with Gasteiger partial charge in [0.2, 0.25) is 5.91 Å². The fourth-order valence-electron chi connectivity index (χ4n) is 1.09. The van der Waals surface area contributed by atoms with Crippen molar-refractivity contribution in [1.29, 1.82) is 0 Å². The third kappa shape index (κ3) is 4.04. The van der Waals surface area contributed by atoms with Crippen molar-refractivity contribution in [3.63, 3.8) is 0 Å². The lowest BCUT2D eigenvalue weighted by Crippen LogP contribution is -2.26. The van der Waals surface area contributed by atoms with E-state index in [1.807, 2.05) is 24.3 Å². The van der Waals surface area contributed by atoms with Crippen molar-refractivity contribution in [2.75, 3.05) is 25.5 Å². The van der Waals surface area contributed by atoms with Crippen molar-refractivity contribution in [3.8, 4) is 5.75 Å². The zero-order valence-corrected chi connectivity index (χ0v) is 9.32.